The topological polar surface area (TPSA) is 29.3 Å². The first-order valence-corrected chi connectivity index (χ1v) is 6.91. The van der Waals surface area contributed by atoms with E-state index in [2.05, 4.69) is 32.6 Å². The lowest BCUT2D eigenvalue weighted by Crippen LogP contribution is -2.41. The zero-order valence-electron chi connectivity index (χ0n) is 11.6. The Hall–Kier alpha value is -0.0800. The summed E-state index contributed by atoms with van der Waals surface area (Å²) in [6, 6.07) is 0.330. The maximum atomic E-state index is 6.19. The number of likely N-dealkylation sites (tertiary alicyclic amines) is 1. The van der Waals surface area contributed by atoms with E-state index in [1.165, 1.54) is 38.9 Å². The molecule has 16 heavy (non-hydrogen) atoms. The van der Waals surface area contributed by atoms with Gasteiger partial charge >= 0.3 is 0 Å². The molecule has 1 saturated heterocycles. The van der Waals surface area contributed by atoms with Crippen LogP contribution in [-0.2, 0) is 0 Å². The predicted octanol–water partition coefficient (Wildman–Crippen LogP) is 2.87. The van der Waals surface area contributed by atoms with Crippen molar-refractivity contribution in [3.05, 3.63) is 0 Å². The Morgan fingerprint density at radius 1 is 1.25 bits per heavy atom. The molecule has 2 heteroatoms. The molecule has 1 heterocycles. The predicted molar refractivity (Wildman–Crippen MR) is 71.5 cm³/mol. The second-order valence-electron chi connectivity index (χ2n) is 6.45. The summed E-state index contributed by atoms with van der Waals surface area (Å²) in [7, 11) is 0. The van der Waals surface area contributed by atoms with Gasteiger partial charge in [-0.2, -0.15) is 0 Å². The van der Waals surface area contributed by atoms with Crippen molar-refractivity contribution in [2.75, 3.05) is 19.6 Å². The van der Waals surface area contributed by atoms with Gasteiger partial charge in [0, 0.05) is 6.04 Å². The molecule has 1 aliphatic rings. The Kier molecular flexibility index (Phi) is 5.26. The molecule has 1 atom stereocenters. The molecule has 0 amide bonds. The molecule has 0 aliphatic carbocycles. The SMILES string of the molecule is CCC1CCN(CCC(N)C(C)(C)C)CC1. The number of piperidine rings is 1. The average molecular weight is 226 g/mol. The molecule has 0 radical (unpaired) electrons. The van der Waals surface area contributed by atoms with E-state index in [1.807, 2.05) is 0 Å². The summed E-state index contributed by atoms with van der Waals surface area (Å²) in [6.45, 7) is 12.8. The molecule has 1 fully saturated rings. The molecule has 1 unspecified atom stereocenters. The summed E-state index contributed by atoms with van der Waals surface area (Å²) in [5, 5.41) is 0. The monoisotopic (exact) mass is 226 g/mol. The maximum absolute atomic E-state index is 6.19. The van der Waals surface area contributed by atoms with Crippen molar-refractivity contribution in [3.63, 3.8) is 0 Å². The second-order valence-corrected chi connectivity index (χ2v) is 6.45. The number of hydrogen-bond acceptors (Lipinski definition) is 2. The molecule has 0 spiro atoms. The molecule has 2 N–H and O–H groups in total. The smallest absolute Gasteiger partial charge is 0.00998 e. The van der Waals surface area contributed by atoms with Crippen LogP contribution in [-0.4, -0.2) is 30.6 Å². The van der Waals surface area contributed by atoms with E-state index in [0.29, 0.717) is 6.04 Å². The number of nitrogens with two attached hydrogens (primary N) is 1. The van der Waals surface area contributed by atoms with Gasteiger partial charge in [0.25, 0.3) is 0 Å². The number of rotatable bonds is 4. The molecule has 0 bridgehead atoms. The molecule has 0 aromatic rings. The molecular formula is C14H30N2. The first-order chi connectivity index (χ1) is 7.43. The highest BCUT2D eigenvalue weighted by molar-refractivity contribution is 4.79. The summed E-state index contributed by atoms with van der Waals surface area (Å²) in [4.78, 5) is 2.60. The van der Waals surface area contributed by atoms with Gasteiger partial charge in [0.2, 0.25) is 0 Å². The third-order valence-corrected chi connectivity index (χ3v) is 4.15. The lowest BCUT2D eigenvalue weighted by atomic mass is 9.85. The van der Waals surface area contributed by atoms with Crippen LogP contribution in [0.3, 0.4) is 0 Å². The van der Waals surface area contributed by atoms with Gasteiger partial charge in [-0.15, -0.1) is 0 Å². The van der Waals surface area contributed by atoms with Gasteiger partial charge < -0.3 is 10.6 Å². The Bertz CT molecular complexity index is 187. The van der Waals surface area contributed by atoms with E-state index in [4.69, 9.17) is 5.73 Å². The van der Waals surface area contributed by atoms with Crippen LogP contribution in [0, 0.1) is 11.3 Å². The first-order valence-electron chi connectivity index (χ1n) is 6.91. The average Bonchev–Trinajstić information content (AvgIpc) is 2.25. The van der Waals surface area contributed by atoms with Gasteiger partial charge in [0.1, 0.15) is 0 Å². The minimum Gasteiger partial charge on any atom is -0.327 e. The summed E-state index contributed by atoms with van der Waals surface area (Å²) >= 11 is 0. The highest BCUT2D eigenvalue weighted by Gasteiger charge is 2.22. The van der Waals surface area contributed by atoms with Crippen LogP contribution in [0.15, 0.2) is 0 Å². The normalized spacial score (nSPS) is 22.3. The van der Waals surface area contributed by atoms with Crippen molar-refractivity contribution in [2.24, 2.45) is 17.1 Å². The minimum atomic E-state index is 0.252. The van der Waals surface area contributed by atoms with Crippen molar-refractivity contribution >= 4 is 0 Å². The first kappa shape index (κ1) is 14.0. The fraction of sp³-hybridized carbons (Fsp3) is 1.00. The van der Waals surface area contributed by atoms with E-state index < -0.39 is 0 Å². The Morgan fingerprint density at radius 2 is 1.81 bits per heavy atom. The molecule has 0 aromatic carbocycles. The van der Waals surface area contributed by atoms with Gasteiger partial charge in [-0.05, 0) is 50.2 Å². The van der Waals surface area contributed by atoms with Gasteiger partial charge in [-0.25, -0.2) is 0 Å². The van der Waals surface area contributed by atoms with Crippen molar-refractivity contribution in [1.29, 1.82) is 0 Å². The molecule has 0 aromatic heterocycles. The van der Waals surface area contributed by atoms with E-state index in [1.54, 1.807) is 0 Å². The Labute approximate surface area is 102 Å². The highest BCUT2D eigenvalue weighted by Crippen LogP contribution is 2.22. The summed E-state index contributed by atoms with van der Waals surface area (Å²) in [5.74, 6) is 0.979. The quantitative estimate of drug-likeness (QED) is 0.798. The van der Waals surface area contributed by atoms with Crippen LogP contribution in [0.2, 0.25) is 0 Å². The van der Waals surface area contributed by atoms with Crippen LogP contribution in [0.4, 0.5) is 0 Å². The summed E-state index contributed by atoms with van der Waals surface area (Å²) in [6.07, 6.45) is 5.28. The van der Waals surface area contributed by atoms with Crippen molar-refractivity contribution < 1.29 is 0 Å². The Balaban J connectivity index is 2.20. The van der Waals surface area contributed by atoms with Crippen molar-refractivity contribution in [3.8, 4) is 0 Å². The van der Waals surface area contributed by atoms with E-state index in [0.717, 1.165) is 12.3 Å². The van der Waals surface area contributed by atoms with E-state index >= 15 is 0 Å². The lowest BCUT2D eigenvalue weighted by Gasteiger charge is -2.34. The fourth-order valence-corrected chi connectivity index (χ4v) is 2.37. The van der Waals surface area contributed by atoms with E-state index in [9.17, 15) is 0 Å². The fourth-order valence-electron chi connectivity index (χ4n) is 2.37. The zero-order valence-corrected chi connectivity index (χ0v) is 11.6. The molecule has 0 saturated carbocycles. The van der Waals surface area contributed by atoms with Crippen molar-refractivity contribution in [1.82, 2.24) is 4.90 Å². The molecule has 2 nitrogen and oxygen atoms in total. The van der Waals surface area contributed by atoms with Crippen LogP contribution < -0.4 is 5.73 Å². The number of nitrogens with zero attached hydrogens (tertiary/aromatic N) is 1. The molecule has 96 valence electrons. The minimum absolute atomic E-state index is 0.252. The van der Waals surface area contributed by atoms with Gasteiger partial charge in [0.05, 0.1) is 0 Å². The van der Waals surface area contributed by atoms with Crippen LogP contribution >= 0.6 is 0 Å². The Morgan fingerprint density at radius 3 is 2.25 bits per heavy atom. The van der Waals surface area contributed by atoms with E-state index in [-0.39, 0.29) is 5.41 Å². The van der Waals surface area contributed by atoms with Crippen molar-refractivity contribution in [2.45, 2.75) is 59.4 Å². The lowest BCUT2D eigenvalue weighted by molar-refractivity contribution is 0.165. The number of hydrogen-bond donors (Lipinski definition) is 1. The van der Waals surface area contributed by atoms with Crippen LogP contribution in [0.5, 0.6) is 0 Å². The third-order valence-electron chi connectivity index (χ3n) is 4.15. The zero-order chi connectivity index (χ0) is 12.2. The van der Waals surface area contributed by atoms with Gasteiger partial charge in [0.15, 0.2) is 0 Å². The van der Waals surface area contributed by atoms with Gasteiger partial charge in [-0.3, -0.25) is 0 Å². The van der Waals surface area contributed by atoms with Crippen LogP contribution in [0.1, 0.15) is 53.4 Å². The standard InChI is InChI=1S/C14H30N2/c1-5-12-6-9-16(10-7-12)11-8-13(15)14(2,3)4/h12-13H,5-11,15H2,1-4H3. The van der Waals surface area contributed by atoms with Gasteiger partial charge in [-0.1, -0.05) is 34.1 Å². The maximum Gasteiger partial charge on any atom is 0.00998 e. The summed E-state index contributed by atoms with van der Waals surface area (Å²) in [5.41, 5.74) is 6.45. The van der Waals surface area contributed by atoms with Crippen LogP contribution in [0.25, 0.3) is 0 Å². The molecule has 1 aliphatic heterocycles. The molecule has 1 rings (SSSR count). The second kappa shape index (κ2) is 6.02. The third kappa shape index (κ3) is 4.42. The summed E-state index contributed by atoms with van der Waals surface area (Å²) < 4.78 is 0. The largest absolute Gasteiger partial charge is 0.327 e. The molecular weight excluding hydrogens is 196 g/mol. The highest BCUT2D eigenvalue weighted by atomic mass is 15.1.